The van der Waals surface area contributed by atoms with E-state index in [0.717, 1.165) is 31.5 Å². The number of methoxy groups -OCH3 is 2. The number of carbonyl (C=O) groups excluding carboxylic acids is 2. The zero-order valence-corrected chi connectivity index (χ0v) is 16.9. The van der Waals surface area contributed by atoms with Crippen molar-refractivity contribution in [2.45, 2.75) is 25.8 Å². The van der Waals surface area contributed by atoms with Crippen molar-refractivity contribution < 1.29 is 19.1 Å². The first-order valence-electron chi connectivity index (χ1n) is 9.97. The lowest BCUT2D eigenvalue weighted by Crippen LogP contribution is -2.50. The van der Waals surface area contributed by atoms with Gasteiger partial charge < -0.3 is 19.3 Å². The van der Waals surface area contributed by atoms with Gasteiger partial charge >= 0.3 is 0 Å². The lowest BCUT2D eigenvalue weighted by molar-refractivity contribution is 0.0534. The molecule has 2 aliphatic heterocycles. The smallest absolute Gasteiger partial charge is 0.257 e. The molecule has 2 aromatic rings. The maximum absolute atomic E-state index is 13.0. The van der Waals surface area contributed by atoms with Crippen LogP contribution in [-0.2, 0) is 13.0 Å². The minimum absolute atomic E-state index is 0.0169. The van der Waals surface area contributed by atoms with Gasteiger partial charge in [0.1, 0.15) is 11.5 Å². The quantitative estimate of drug-likeness (QED) is 0.785. The Hall–Kier alpha value is -3.03. The molecule has 1 aromatic heterocycles. The molecule has 0 spiro atoms. The number of hydrogen-bond donors (Lipinski definition) is 0. The summed E-state index contributed by atoms with van der Waals surface area (Å²) < 4.78 is 12.5. The number of amides is 2. The summed E-state index contributed by atoms with van der Waals surface area (Å²) in [5.41, 5.74) is 2.27. The third-order valence-electron chi connectivity index (χ3n) is 5.67. The summed E-state index contributed by atoms with van der Waals surface area (Å²) in [5.74, 6) is 1.08. The molecule has 2 aliphatic rings. The standard InChI is InChI=1S/C21H26N4O4/c1-28-16-11-15(12-17(13-16)29-2)20(26)23-7-9-24(10-8-23)21(27)18-14-22-25-6-4-3-5-19(18)25/h11-14H,3-10H2,1-2H3. The Morgan fingerprint density at radius 2 is 1.48 bits per heavy atom. The maximum Gasteiger partial charge on any atom is 0.257 e. The molecule has 1 saturated heterocycles. The van der Waals surface area contributed by atoms with Crippen LogP contribution in [-0.4, -0.2) is 71.8 Å². The van der Waals surface area contributed by atoms with Crippen molar-refractivity contribution in [2.75, 3.05) is 40.4 Å². The molecule has 1 aromatic carbocycles. The lowest BCUT2D eigenvalue weighted by atomic mass is 10.1. The molecule has 154 valence electrons. The normalized spacial score (nSPS) is 16.3. The number of fused-ring (bicyclic) bond motifs is 1. The summed E-state index contributed by atoms with van der Waals surface area (Å²) >= 11 is 0. The number of carbonyl (C=O) groups is 2. The maximum atomic E-state index is 13.0. The summed E-state index contributed by atoms with van der Waals surface area (Å²) in [6, 6.07) is 5.16. The molecule has 0 saturated carbocycles. The molecule has 8 heteroatoms. The van der Waals surface area contributed by atoms with Gasteiger partial charge in [0.05, 0.1) is 31.7 Å². The highest BCUT2D eigenvalue weighted by Gasteiger charge is 2.29. The summed E-state index contributed by atoms with van der Waals surface area (Å²) in [6.07, 6.45) is 4.80. The van der Waals surface area contributed by atoms with Crippen molar-refractivity contribution in [3.8, 4) is 11.5 Å². The molecule has 3 heterocycles. The number of piperazine rings is 1. The van der Waals surface area contributed by atoms with Crippen LogP contribution in [0.1, 0.15) is 39.3 Å². The first-order valence-corrected chi connectivity index (χ1v) is 9.97. The molecule has 1 fully saturated rings. The van der Waals surface area contributed by atoms with Gasteiger partial charge in [0.2, 0.25) is 0 Å². The van der Waals surface area contributed by atoms with Crippen molar-refractivity contribution in [1.82, 2.24) is 19.6 Å². The largest absolute Gasteiger partial charge is 0.497 e. The average Bonchev–Trinajstić information content (AvgIpc) is 3.22. The minimum atomic E-state index is -0.0859. The van der Waals surface area contributed by atoms with E-state index in [1.807, 2.05) is 9.58 Å². The molecule has 0 aliphatic carbocycles. The number of ether oxygens (including phenoxy) is 2. The van der Waals surface area contributed by atoms with Gasteiger partial charge in [0.25, 0.3) is 11.8 Å². The Kier molecular flexibility index (Phi) is 5.42. The zero-order valence-electron chi connectivity index (χ0n) is 16.9. The van der Waals surface area contributed by atoms with E-state index in [9.17, 15) is 9.59 Å². The van der Waals surface area contributed by atoms with E-state index in [-0.39, 0.29) is 11.8 Å². The van der Waals surface area contributed by atoms with E-state index < -0.39 is 0 Å². The van der Waals surface area contributed by atoms with Crippen LogP contribution >= 0.6 is 0 Å². The summed E-state index contributed by atoms with van der Waals surface area (Å²) in [7, 11) is 3.12. The number of rotatable bonds is 4. The molecule has 0 radical (unpaired) electrons. The molecule has 0 unspecified atom stereocenters. The van der Waals surface area contributed by atoms with E-state index in [1.165, 1.54) is 0 Å². The molecule has 29 heavy (non-hydrogen) atoms. The molecular weight excluding hydrogens is 372 g/mol. The monoisotopic (exact) mass is 398 g/mol. The van der Waals surface area contributed by atoms with E-state index in [0.29, 0.717) is 48.8 Å². The predicted molar refractivity (Wildman–Crippen MR) is 107 cm³/mol. The van der Waals surface area contributed by atoms with Gasteiger partial charge in [-0.15, -0.1) is 0 Å². The van der Waals surface area contributed by atoms with Crippen molar-refractivity contribution >= 4 is 11.8 Å². The lowest BCUT2D eigenvalue weighted by Gasteiger charge is -2.35. The Balaban J connectivity index is 1.42. The Morgan fingerprint density at radius 3 is 2.10 bits per heavy atom. The Morgan fingerprint density at radius 1 is 0.862 bits per heavy atom. The molecule has 8 nitrogen and oxygen atoms in total. The van der Waals surface area contributed by atoms with Crippen LogP contribution in [0.3, 0.4) is 0 Å². The van der Waals surface area contributed by atoms with Crippen LogP contribution in [0.25, 0.3) is 0 Å². The van der Waals surface area contributed by atoms with Crippen molar-refractivity contribution in [3.05, 3.63) is 41.2 Å². The Bertz CT molecular complexity index is 893. The van der Waals surface area contributed by atoms with Gasteiger partial charge in [-0.1, -0.05) is 0 Å². The van der Waals surface area contributed by atoms with Crippen molar-refractivity contribution in [3.63, 3.8) is 0 Å². The topological polar surface area (TPSA) is 76.9 Å². The summed E-state index contributed by atoms with van der Waals surface area (Å²) in [6.45, 7) is 2.89. The summed E-state index contributed by atoms with van der Waals surface area (Å²) in [4.78, 5) is 29.5. The Labute approximate surface area is 170 Å². The van der Waals surface area contributed by atoms with Crippen LogP contribution in [0, 0.1) is 0 Å². The fraction of sp³-hybridized carbons (Fsp3) is 0.476. The second kappa shape index (κ2) is 8.14. The first-order chi connectivity index (χ1) is 14.1. The zero-order chi connectivity index (χ0) is 20.4. The van der Waals surface area contributed by atoms with Crippen LogP contribution in [0.2, 0.25) is 0 Å². The van der Waals surface area contributed by atoms with Gasteiger partial charge in [-0.2, -0.15) is 5.10 Å². The summed E-state index contributed by atoms with van der Waals surface area (Å²) in [5, 5.41) is 4.37. The van der Waals surface area contributed by atoms with Gasteiger partial charge in [-0.05, 0) is 31.4 Å². The van der Waals surface area contributed by atoms with Crippen LogP contribution in [0.15, 0.2) is 24.4 Å². The molecule has 0 atom stereocenters. The number of benzene rings is 1. The van der Waals surface area contributed by atoms with Gasteiger partial charge in [-0.3, -0.25) is 14.3 Å². The van der Waals surface area contributed by atoms with Crippen LogP contribution in [0.5, 0.6) is 11.5 Å². The number of hydrogen-bond acceptors (Lipinski definition) is 5. The van der Waals surface area contributed by atoms with Crippen LogP contribution < -0.4 is 9.47 Å². The van der Waals surface area contributed by atoms with Crippen molar-refractivity contribution in [1.29, 1.82) is 0 Å². The molecular formula is C21H26N4O4. The highest BCUT2D eigenvalue weighted by atomic mass is 16.5. The molecule has 0 N–H and O–H groups in total. The van der Waals surface area contributed by atoms with Gasteiger partial charge in [0, 0.05) is 44.4 Å². The number of aromatic nitrogens is 2. The highest BCUT2D eigenvalue weighted by molar-refractivity contribution is 5.97. The number of nitrogens with zero attached hydrogens (tertiary/aromatic N) is 4. The van der Waals surface area contributed by atoms with E-state index in [1.54, 1.807) is 43.5 Å². The van der Waals surface area contributed by atoms with E-state index in [2.05, 4.69) is 5.10 Å². The fourth-order valence-corrected chi connectivity index (χ4v) is 4.00. The SMILES string of the molecule is COc1cc(OC)cc(C(=O)N2CCN(C(=O)c3cnn4c3CCCC4)CC2)c1. The molecule has 0 bridgehead atoms. The minimum Gasteiger partial charge on any atom is -0.497 e. The third-order valence-corrected chi connectivity index (χ3v) is 5.67. The third kappa shape index (κ3) is 3.79. The predicted octanol–water partition coefficient (Wildman–Crippen LogP) is 1.83. The molecule has 2 amide bonds. The van der Waals surface area contributed by atoms with E-state index >= 15 is 0 Å². The second-order valence-electron chi connectivity index (χ2n) is 7.37. The number of aryl methyl sites for hydroxylation is 1. The average molecular weight is 398 g/mol. The van der Waals surface area contributed by atoms with Crippen molar-refractivity contribution in [2.24, 2.45) is 0 Å². The fourth-order valence-electron chi connectivity index (χ4n) is 4.00. The van der Waals surface area contributed by atoms with Gasteiger partial charge in [0.15, 0.2) is 0 Å². The highest BCUT2D eigenvalue weighted by Crippen LogP contribution is 2.24. The first kappa shape index (κ1) is 19.3. The van der Waals surface area contributed by atoms with E-state index in [4.69, 9.17) is 9.47 Å². The van der Waals surface area contributed by atoms with Crippen LogP contribution in [0.4, 0.5) is 0 Å². The molecule has 4 rings (SSSR count). The van der Waals surface area contributed by atoms with Gasteiger partial charge in [-0.25, -0.2) is 0 Å². The second-order valence-corrected chi connectivity index (χ2v) is 7.37.